The molecule has 1 aromatic rings. The number of hydrogen-bond acceptors (Lipinski definition) is 3. The molecule has 1 fully saturated rings. The normalized spacial score (nSPS) is 15.7. The van der Waals surface area contributed by atoms with Crippen LogP contribution in [0.15, 0.2) is 24.3 Å². The van der Waals surface area contributed by atoms with Gasteiger partial charge in [0, 0.05) is 12.6 Å². The van der Waals surface area contributed by atoms with Crippen molar-refractivity contribution in [2.24, 2.45) is 11.7 Å². The first-order valence-corrected chi connectivity index (χ1v) is 7.41. The molecule has 4 heteroatoms. The highest BCUT2D eigenvalue weighted by Gasteiger charge is 2.21. The van der Waals surface area contributed by atoms with Crippen molar-refractivity contribution in [3.8, 4) is 5.75 Å². The average molecular weight is 276 g/mol. The summed E-state index contributed by atoms with van der Waals surface area (Å²) in [5, 5.41) is 2.88. The molecule has 20 heavy (non-hydrogen) atoms. The van der Waals surface area contributed by atoms with Gasteiger partial charge in [0.25, 0.3) is 5.91 Å². The molecule has 0 aliphatic heterocycles. The number of rotatable bonds is 8. The number of amides is 1. The smallest absolute Gasteiger partial charge is 0.257 e. The average Bonchev–Trinajstić information content (AvgIpc) is 3.28. The number of carbonyl (C=O) groups is 1. The maximum absolute atomic E-state index is 11.5. The van der Waals surface area contributed by atoms with Gasteiger partial charge in [0.05, 0.1) is 0 Å². The van der Waals surface area contributed by atoms with Gasteiger partial charge in [0.1, 0.15) is 5.75 Å². The van der Waals surface area contributed by atoms with Gasteiger partial charge in [-0.25, -0.2) is 0 Å². The first-order chi connectivity index (χ1) is 9.67. The van der Waals surface area contributed by atoms with Gasteiger partial charge < -0.3 is 15.8 Å². The van der Waals surface area contributed by atoms with E-state index in [4.69, 9.17) is 10.5 Å². The van der Waals surface area contributed by atoms with Crippen LogP contribution in [0.1, 0.15) is 31.7 Å². The Kier molecular flexibility index (Phi) is 5.41. The Hall–Kier alpha value is -1.55. The highest BCUT2D eigenvalue weighted by molar-refractivity contribution is 5.77. The molecule has 1 aliphatic rings. The molecule has 1 unspecified atom stereocenters. The molecule has 2 rings (SSSR count). The van der Waals surface area contributed by atoms with Gasteiger partial charge in [-0.3, -0.25) is 4.79 Å². The maximum atomic E-state index is 11.5. The Morgan fingerprint density at radius 1 is 1.40 bits per heavy atom. The lowest BCUT2D eigenvalue weighted by Gasteiger charge is -2.10. The number of nitrogens with two attached hydrogens (primary N) is 1. The van der Waals surface area contributed by atoms with Crippen LogP contribution in [0.3, 0.4) is 0 Å². The molecule has 3 N–H and O–H groups in total. The lowest BCUT2D eigenvalue weighted by atomic mass is 10.0. The molecule has 0 bridgehead atoms. The van der Waals surface area contributed by atoms with Crippen molar-refractivity contribution >= 4 is 5.91 Å². The van der Waals surface area contributed by atoms with Crippen molar-refractivity contribution < 1.29 is 9.53 Å². The molecule has 1 aliphatic carbocycles. The molecule has 4 nitrogen and oxygen atoms in total. The minimum Gasteiger partial charge on any atom is -0.484 e. The van der Waals surface area contributed by atoms with Crippen molar-refractivity contribution in [2.45, 2.75) is 38.6 Å². The fourth-order valence-electron chi connectivity index (χ4n) is 1.95. The van der Waals surface area contributed by atoms with Gasteiger partial charge in [-0.1, -0.05) is 19.1 Å². The van der Waals surface area contributed by atoms with Gasteiger partial charge in [0.2, 0.25) is 0 Å². The Bertz CT molecular complexity index is 427. The standard InChI is InChI=1S/C16H24N2O2/c1-2-14(17)9-12-5-7-15(8-6-12)20-11-16(19)18-10-13-3-4-13/h5-8,13-14H,2-4,9-11,17H2,1H3,(H,18,19). The minimum absolute atomic E-state index is 0.0472. The van der Waals surface area contributed by atoms with Gasteiger partial charge in [-0.2, -0.15) is 0 Å². The van der Waals surface area contributed by atoms with Crippen LogP contribution in [0, 0.1) is 5.92 Å². The Labute approximate surface area is 120 Å². The third-order valence-corrected chi connectivity index (χ3v) is 3.60. The minimum atomic E-state index is -0.0472. The molecular formula is C16H24N2O2. The number of nitrogens with one attached hydrogen (secondary N) is 1. The zero-order chi connectivity index (χ0) is 14.4. The van der Waals surface area contributed by atoms with Gasteiger partial charge in [-0.05, 0) is 49.3 Å². The van der Waals surface area contributed by atoms with E-state index in [9.17, 15) is 4.79 Å². The zero-order valence-corrected chi connectivity index (χ0v) is 12.1. The van der Waals surface area contributed by atoms with Crippen LogP contribution in [0.2, 0.25) is 0 Å². The topological polar surface area (TPSA) is 64.3 Å². The molecule has 1 atom stereocenters. The van der Waals surface area contributed by atoms with E-state index in [1.54, 1.807) is 0 Å². The van der Waals surface area contributed by atoms with Crippen LogP contribution in [0.25, 0.3) is 0 Å². The zero-order valence-electron chi connectivity index (χ0n) is 12.1. The monoisotopic (exact) mass is 276 g/mol. The van der Waals surface area contributed by atoms with Crippen LogP contribution in [0.5, 0.6) is 5.75 Å². The number of hydrogen-bond donors (Lipinski definition) is 2. The Morgan fingerprint density at radius 3 is 2.70 bits per heavy atom. The van der Waals surface area contributed by atoms with Crippen molar-refractivity contribution in [1.82, 2.24) is 5.32 Å². The van der Waals surface area contributed by atoms with Gasteiger partial charge >= 0.3 is 0 Å². The molecule has 1 aromatic carbocycles. The molecule has 0 heterocycles. The van der Waals surface area contributed by atoms with Crippen molar-refractivity contribution in [1.29, 1.82) is 0 Å². The Balaban J connectivity index is 1.70. The quantitative estimate of drug-likeness (QED) is 0.762. The number of benzene rings is 1. The third-order valence-electron chi connectivity index (χ3n) is 3.60. The number of ether oxygens (including phenoxy) is 1. The van der Waals surface area contributed by atoms with E-state index >= 15 is 0 Å². The van der Waals surface area contributed by atoms with Crippen molar-refractivity contribution in [3.05, 3.63) is 29.8 Å². The summed E-state index contributed by atoms with van der Waals surface area (Å²) in [6, 6.07) is 8.01. The van der Waals surface area contributed by atoms with Crippen molar-refractivity contribution in [3.63, 3.8) is 0 Å². The predicted octanol–water partition coefficient (Wildman–Crippen LogP) is 1.87. The van der Waals surface area contributed by atoms with E-state index in [1.807, 2.05) is 24.3 Å². The fourth-order valence-corrected chi connectivity index (χ4v) is 1.95. The largest absolute Gasteiger partial charge is 0.484 e. The third kappa shape index (κ3) is 5.21. The second-order valence-corrected chi connectivity index (χ2v) is 5.55. The molecule has 0 spiro atoms. The summed E-state index contributed by atoms with van der Waals surface area (Å²) in [5.74, 6) is 1.37. The summed E-state index contributed by atoms with van der Waals surface area (Å²) >= 11 is 0. The predicted molar refractivity (Wildman–Crippen MR) is 79.6 cm³/mol. The second-order valence-electron chi connectivity index (χ2n) is 5.55. The molecular weight excluding hydrogens is 252 g/mol. The van der Waals surface area contributed by atoms with Crippen LogP contribution >= 0.6 is 0 Å². The van der Waals surface area contributed by atoms with E-state index in [2.05, 4.69) is 12.2 Å². The van der Waals surface area contributed by atoms with E-state index in [0.29, 0.717) is 5.92 Å². The van der Waals surface area contributed by atoms with Gasteiger partial charge in [-0.15, -0.1) is 0 Å². The second kappa shape index (κ2) is 7.29. The Morgan fingerprint density at radius 2 is 2.10 bits per heavy atom. The summed E-state index contributed by atoms with van der Waals surface area (Å²) < 4.78 is 5.46. The molecule has 1 amide bonds. The first kappa shape index (κ1) is 14.9. The van der Waals surface area contributed by atoms with Crippen LogP contribution in [0.4, 0.5) is 0 Å². The molecule has 0 aromatic heterocycles. The fraction of sp³-hybridized carbons (Fsp3) is 0.562. The van der Waals surface area contributed by atoms with Crippen LogP contribution < -0.4 is 15.8 Å². The van der Waals surface area contributed by atoms with Gasteiger partial charge in [0.15, 0.2) is 6.61 Å². The first-order valence-electron chi connectivity index (χ1n) is 7.41. The lowest BCUT2D eigenvalue weighted by molar-refractivity contribution is -0.123. The number of carbonyl (C=O) groups excluding carboxylic acids is 1. The highest BCUT2D eigenvalue weighted by Crippen LogP contribution is 2.27. The molecule has 0 saturated heterocycles. The highest BCUT2D eigenvalue weighted by atomic mass is 16.5. The SMILES string of the molecule is CCC(N)Cc1ccc(OCC(=O)NCC2CC2)cc1. The van der Waals surface area contributed by atoms with E-state index in [-0.39, 0.29) is 18.6 Å². The van der Waals surface area contributed by atoms with Crippen LogP contribution in [-0.4, -0.2) is 25.1 Å². The summed E-state index contributed by atoms with van der Waals surface area (Å²) in [6.45, 7) is 2.96. The maximum Gasteiger partial charge on any atom is 0.257 e. The summed E-state index contributed by atoms with van der Waals surface area (Å²) in [4.78, 5) is 11.5. The summed E-state index contributed by atoms with van der Waals surface area (Å²) in [7, 11) is 0. The van der Waals surface area contributed by atoms with E-state index in [1.165, 1.54) is 18.4 Å². The lowest BCUT2D eigenvalue weighted by Crippen LogP contribution is -2.30. The summed E-state index contributed by atoms with van der Waals surface area (Å²) in [5.41, 5.74) is 7.12. The van der Waals surface area contributed by atoms with E-state index < -0.39 is 0 Å². The summed E-state index contributed by atoms with van der Waals surface area (Å²) in [6.07, 6.45) is 4.32. The molecule has 1 saturated carbocycles. The van der Waals surface area contributed by atoms with E-state index in [0.717, 1.165) is 25.1 Å². The van der Waals surface area contributed by atoms with Crippen LogP contribution in [-0.2, 0) is 11.2 Å². The molecule has 110 valence electrons. The van der Waals surface area contributed by atoms with Crippen molar-refractivity contribution in [2.75, 3.05) is 13.2 Å². The molecule has 0 radical (unpaired) electrons.